The molecule has 0 saturated heterocycles. The number of carbonyl (C=O) groups excluding carboxylic acids is 2. The third-order valence-corrected chi connectivity index (χ3v) is 2.88. The van der Waals surface area contributed by atoms with Crippen LogP contribution >= 0.6 is 11.6 Å². The minimum atomic E-state index is -0.586. The molecule has 18 heavy (non-hydrogen) atoms. The summed E-state index contributed by atoms with van der Waals surface area (Å²) in [5.74, 6) is -0.976. The van der Waals surface area contributed by atoms with Gasteiger partial charge in [-0.15, -0.1) is 0 Å². The lowest BCUT2D eigenvalue weighted by Gasteiger charge is -2.05. The molecule has 0 aliphatic carbocycles. The smallest absolute Gasteiger partial charge is 0.344 e. The fourth-order valence-electron chi connectivity index (χ4n) is 1.80. The third-order valence-electron chi connectivity index (χ3n) is 2.63. The van der Waals surface area contributed by atoms with Crippen molar-refractivity contribution >= 4 is 29.1 Å². The highest BCUT2D eigenvalue weighted by Gasteiger charge is 2.30. The van der Waals surface area contributed by atoms with Gasteiger partial charge in [-0.25, -0.2) is 4.79 Å². The van der Waals surface area contributed by atoms with Gasteiger partial charge in [0.15, 0.2) is 0 Å². The monoisotopic (exact) mass is 265 g/mol. The van der Waals surface area contributed by atoms with Gasteiger partial charge in [-0.3, -0.25) is 4.79 Å². The number of esters is 1. The van der Waals surface area contributed by atoms with Gasteiger partial charge in [-0.05, 0) is 30.2 Å². The van der Waals surface area contributed by atoms with Gasteiger partial charge < -0.3 is 10.1 Å². The zero-order chi connectivity index (χ0) is 13.1. The Bertz CT molecular complexity index is 520. The van der Waals surface area contributed by atoms with Gasteiger partial charge in [-0.2, -0.15) is 0 Å². The molecule has 2 rings (SSSR count). The Hall–Kier alpha value is -1.81. The van der Waals surface area contributed by atoms with E-state index in [1.54, 1.807) is 31.2 Å². The van der Waals surface area contributed by atoms with Crippen molar-refractivity contribution in [1.29, 1.82) is 0 Å². The van der Waals surface area contributed by atoms with Crippen molar-refractivity contribution in [3.05, 3.63) is 40.4 Å². The van der Waals surface area contributed by atoms with E-state index in [2.05, 4.69) is 5.32 Å². The summed E-state index contributed by atoms with van der Waals surface area (Å²) in [7, 11) is 0. The molecular formula is C13H12ClNO3. The number of halogens is 1. The van der Waals surface area contributed by atoms with E-state index in [9.17, 15) is 9.59 Å². The lowest BCUT2D eigenvalue weighted by Crippen LogP contribution is -2.22. The molecular weight excluding hydrogens is 254 g/mol. The van der Waals surface area contributed by atoms with E-state index in [0.717, 1.165) is 5.56 Å². The molecule has 0 spiro atoms. The second-order valence-electron chi connectivity index (χ2n) is 3.76. The molecule has 1 aliphatic rings. The summed E-state index contributed by atoms with van der Waals surface area (Å²) in [6.07, 6.45) is 0. The van der Waals surface area contributed by atoms with Crippen LogP contribution < -0.4 is 5.32 Å². The number of amides is 1. The average molecular weight is 266 g/mol. The lowest BCUT2D eigenvalue weighted by molar-refractivity contribution is -0.139. The lowest BCUT2D eigenvalue weighted by atomic mass is 10.0. The first-order valence-electron chi connectivity index (χ1n) is 5.58. The summed E-state index contributed by atoms with van der Waals surface area (Å²) in [6, 6.07) is 6.99. The Morgan fingerprint density at radius 3 is 2.67 bits per heavy atom. The zero-order valence-corrected chi connectivity index (χ0v) is 10.6. The molecule has 94 valence electrons. The molecule has 1 heterocycles. The van der Waals surface area contributed by atoms with E-state index in [4.69, 9.17) is 16.3 Å². The van der Waals surface area contributed by atoms with E-state index >= 15 is 0 Å². The molecule has 1 aliphatic heterocycles. The molecule has 0 fully saturated rings. The van der Waals surface area contributed by atoms with Crippen molar-refractivity contribution in [3.63, 3.8) is 0 Å². The van der Waals surface area contributed by atoms with Gasteiger partial charge in [0.05, 0.1) is 6.61 Å². The van der Waals surface area contributed by atoms with Crippen LogP contribution in [0.2, 0.25) is 5.02 Å². The van der Waals surface area contributed by atoms with E-state index < -0.39 is 11.9 Å². The molecule has 1 aromatic rings. The van der Waals surface area contributed by atoms with Crippen molar-refractivity contribution in [1.82, 2.24) is 5.32 Å². The van der Waals surface area contributed by atoms with Gasteiger partial charge in [0.2, 0.25) is 0 Å². The highest BCUT2D eigenvalue weighted by atomic mass is 35.5. The fourth-order valence-corrected chi connectivity index (χ4v) is 1.93. The maximum absolute atomic E-state index is 11.7. The Morgan fingerprint density at radius 2 is 2.06 bits per heavy atom. The van der Waals surface area contributed by atoms with Crippen LogP contribution in [-0.2, 0) is 14.3 Å². The van der Waals surface area contributed by atoms with Crippen LogP contribution in [0.1, 0.15) is 12.5 Å². The Morgan fingerprint density at radius 1 is 1.39 bits per heavy atom. The first-order valence-corrected chi connectivity index (χ1v) is 5.95. The maximum Gasteiger partial charge on any atom is 0.344 e. The Balaban J connectivity index is 2.41. The molecule has 4 nitrogen and oxygen atoms in total. The number of benzene rings is 1. The van der Waals surface area contributed by atoms with Gasteiger partial charge >= 0.3 is 5.97 Å². The van der Waals surface area contributed by atoms with Crippen LogP contribution in [0.3, 0.4) is 0 Å². The van der Waals surface area contributed by atoms with Crippen LogP contribution in [0, 0.1) is 0 Å². The minimum absolute atomic E-state index is 0.0826. The fraction of sp³-hybridized carbons (Fsp3) is 0.231. The van der Waals surface area contributed by atoms with Crippen molar-refractivity contribution in [2.45, 2.75) is 6.92 Å². The molecule has 5 heteroatoms. The SMILES string of the molecule is CCOC(=O)C1=C(c2ccc(Cl)cc2)CNC1=O. The molecule has 1 amide bonds. The second-order valence-corrected chi connectivity index (χ2v) is 4.20. The zero-order valence-electron chi connectivity index (χ0n) is 9.83. The predicted molar refractivity (Wildman–Crippen MR) is 68.0 cm³/mol. The van der Waals surface area contributed by atoms with Crippen molar-refractivity contribution in [2.75, 3.05) is 13.2 Å². The van der Waals surface area contributed by atoms with E-state index in [0.29, 0.717) is 17.1 Å². The summed E-state index contributed by atoms with van der Waals surface area (Å²) < 4.78 is 4.89. The van der Waals surface area contributed by atoms with Crippen molar-refractivity contribution < 1.29 is 14.3 Å². The number of nitrogens with one attached hydrogen (secondary N) is 1. The maximum atomic E-state index is 11.7. The minimum Gasteiger partial charge on any atom is -0.462 e. The van der Waals surface area contributed by atoms with E-state index in [1.165, 1.54) is 0 Å². The highest BCUT2D eigenvalue weighted by Crippen LogP contribution is 2.24. The van der Waals surface area contributed by atoms with Gasteiger partial charge in [0.1, 0.15) is 5.57 Å². The summed E-state index contributed by atoms with van der Waals surface area (Å²) >= 11 is 5.81. The normalized spacial score (nSPS) is 14.7. The molecule has 1 N–H and O–H groups in total. The van der Waals surface area contributed by atoms with Crippen LogP contribution in [-0.4, -0.2) is 25.0 Å². The van der Waals surface area contributed by atoms with Crippen LogP contribution in [0.15, 0.2) is 29.8 Å². The van der Waals surface area contributed by atoms with Crippen LogP contribution in [0.25, 0.3) is 5.57 Å². The van der Waals surface area contributed by atoms with Crippen LogP contribution in [0.4, 0.5) is 0 Å². The number of carbonyl (C=O) groups is 2. The number of ether oxygens (including phenoxy) is 1. The quantitative estimate of drug-likeness (QED) is 0.670. The first kappa shape index (κ1) is 12.6. The molecule has 1 aromatic carbocycles. The van der Waals surface area contributed by atoms with Gasteiger partial charge in [-0.1, -0.05) is 23.7 Å². The molecule has 0 radical (unpaired) electrons. The first-order chi connectivity index (χ1) is 8.63. The largest absolute Gasteiger partial charge is 0.462 e. The number of hydrogen-bond donors (Lipinski definition) is 1. The summed E-state index contributed by atoms with van der Waals surface area (Å²) in [5.41, 5.74) is 1.52. The topological polar surface area (TPSA) is 55.4 Å². The summed E-state index contributed by atoms with van der Waals surface area (Å²) in [6.45, 7) is 2.27. The predicted octanol–water partition coefficient (Wildman–Crippen LogP) is 1.79. The number of hydrogen-bond acceptors (Lipinski definition) is 3. The van der Waals surface area contributed by atoms with Crippen LogP contribution in [0.5, 0.6) is 0 Å². The van der Waals surface area contributed by atoms with Gasteiger partial charge in [0, 0.05) is 11.6 Å². The third kappa shape index (κ3) is 2.38. The molecule has 0 saturated carbocycles. The molecule has 0 bridgehead atoms. The molecule has 0 unspecified atom stereocenters. The Kier molecular flexibility index (Phi) is 3.67. The van der Waals surface area contributed by atoms with Crippen molar-refractivity contribution in [3.8, 4) is 0 Å². The Labute approximate surface area is 110 Å². The highest BCUT2D eigenvalue weighted by molar-refractivity contribution is 6.30. The number of rotatable bonds is 3. The van der Waals surface area contributed by atoms with E-state index in [-0.39, 0.29) is 12.2 Å². The molecule has 0 atom stereocenters. The summed E-state index contributed by atoms with van der Waals surface area (Å²) in [5, 5.41) is 3.23. The van der Waals surface area contributed by atoms with Crippen molar-refractivity contribution in [2.24, 2.45) is 0 Å². The second kappa shape index (κ2) is 5.23. The van der Waals surface area contributed by atoms with E-state index in [1.807, 2.05) is 0 Å². The standard InChI is InChI=1S/C13H12ClNO3/c1-2-18-13(17)11-10(7-15-12(11)16)8-3-5-9(14)6-4-8/h3-6H,2,7H2,1H3,(H,15,16). The summed E-state index contributed by atoms with van der Waals surface area (Å²) in [4.78, 5) is 23.4. The molecule has 0 aromatic heterocycles. The average Bonchev–Trinajstić information content (AvgIpc) is 2.72. The van der Waals surface area contributed by atoms with Gasteiger partial charge in [0.25, 0.3) is 5.91 Å².